The van der Waals surface area contributed by atoms with Crippen LogP contribution in [-0.4, -0.2) is 69.0 Å². The maximum atomic E-state index is 14.3. The fourth-order valence-corrected chi connectivity index (χ4v) is 4.00. The van der Waals surface area contributed by atoms with Crippen molar-refractivity contribution in [1.82, 2.24) is 10.2 Å². The zero-order chi connectivity index (χ0) is 25.4. The van der Waals surface area contributed by atoms with E-state index in [1.165, 1.54) is 0 Å². The first-order chi connectivity index (χ1) is 16.9. The molecule has 0 radical (unpaired) electrons. The van der Waals surface area contributed by atoms with Crippen molar-refractivity contribution < 1.29 is 32.5 Å². The zero-order valence-corrected chi connectivity index (χ0v) is 20.9. The summed E-state index contributed by atoms with van der Waals surface area (Å²) in [5.74, 6) is -1.18. The van der Waals surface area contributed by atoms with Gasteiger partial charge in [0.15, 0.2) is 28.3 Å². The van der Waals surface area contributed by atoms with Gasteiger partial charge in [0, 0.05) is 31.6 Å². The van der Waals surface area contributed by atoms with Crippen molar-refractivity contribution in [3.8, 4) is 17.2 Å². The molecule has 3 rings (SSSR count). The highest BCUT2D eigenvalue weighted by atomic mass is 32.1. The van der Waals surface area contributed by atoms with Crippen LogP contribution >= 0.6 is 12.2 Å². The van der Waals surface area contributed by atoms with Crippen LogP contribution in [0.2, 0.25) is 0 Å². The van der Waals surface area contributed by atoms with Gasteiger partial charge in [-0.2, -0.15) is 0 Å². The highest BCUT2D eigenvalue weighted by molar-refractivity contribution is 7.80. The number of hydrogen-bond acceptors (Lipinski definition) is 6. The molecule has 1 saturated heterocycles. The average molecular weight is 509 g/mol. The van der Waals surface area contributed by atoms with Gasteiger partial charge in [-0.1, -0.05) is 6.92 Å². The van der Waals surface area contributed by atoms with Crippen LogP contribution in [0.5, 0.6) is 17.2 Å². The zero-order valence-electron chi connectivity index (χ0n) is 20.1. The van der Waals surface area contributed by atoms with Crippen molar-refractivity contribution in [3.63, 3.8) is 0 Å². The first kappa shape index (κ1) is 26.6. The molecule has 1 atom stereocenters. The number of nitrogens with one attached hydrogen (secondary N) is 1. The Morgan fingerprint density at radius 2 is 1.94 bits per heavy atom. The normalized spacial score (nSPS) is 15.5. The molecule has 190 valence electrons. The number of hydrogen-bond donors (Lipinski definition) is 1. The fourth-order valence-electron chi connectivity index (χ4n) is 3.74. The van der Waals surface area contributed by atoms with Crippen molar-refractivity contribution in [2.75, 3.05) is 47.1 Å². The number of Topliss-reactive ketones (excluding diaryl/α,β-unsaturated/α-hetero) is 1. The lowest BCUT2D eigenvalue weighted by molar-refractivity contribution is -0.0299. The van der Waals surface area contributed by atoms with Crippen LogP contribution in [0.25, 0.3) is 0 Å². The number of ether oxygens (including phenoxy) is 4. The van der Waals surface area contributed by atoms with Gasteiger partial charge >= 0.3 is 0 Å². The molecule has 2 aromatic rings. The highest BCUT2D eigenvalue weighted by Gasteiger charge is 2.24. The second kappa shape index (κ2) is 12.6. The lowest BCUT2D eigenvalue weighted by Crippen LogP contribution is -2.51. The van der Waals surface area contributed by atoms with Crippen molar-refractivity contribution in [1.29, 1.82) is 0 Å². The quantitative estimate of drug-likeness (QED) is 0.384. The second-order valence-corrected chi connectivity index (χ2v) is 8.34. The van der Waals surface area contributed by atoms with Crippen LogP contribution in [0.15, 0.2) is 30.3 Å². The summed E-state index contributed by atoms with van der Waals surface area (Å²) in [6.45, 7) is 3.54. The standard InChI is InChI=1S/C25H30F2N2O5S/c1-4-22(30)17-12-20(26)24(21(27)13-17)34-15-19-14-29(9-10-33-19)25(35)28-8-7-16-11-18(31-2)5-6-23(16)32-3/h5-6,11-13,19H,4,7-10,14-15H2,1-3H3,(H,28,35). The molecule has 2 aromatic carbocycles. The monoisotopic (exact) mass is 508 g/mol. The Balaban J connectivity index is 1.51. The molecule has 0 amide bonds. The summed E-state index contributed by atoms with van der Waals surface area (Å²) in [7, 11) is 3.23. The van der Waals surface area contributed by atoms with Gasteiger partial charge in [0.2, 0.25) is 0 Å². The summed E-state index contributed by atoms with van der Waals surface area (Å²) >= 11 is 5.53. The number of carbonyl (C=O) groups is 1. The number of nitrogens with zero attached hydrogens (tertiary/aromatic N) is 1. The summed E-state index contributed by atoms with van der Waals surface area (Å²) < 4.78 is 50.4. The summed E-state index contributed by atoms with van der Waals surface area (Å²) in [6.07, 6.45) is 0.399. The van der Waals surface area contributed by atoms with Gasteiger partial charge < -0.3 is 29.2 Å². The van der Waals surface area contributed by atoms with Crippen LogP contribution in [0, 0.1) is 11.6 Å². The van der Waals surface area contributed by atoms with E-state index in [0.29, 0.717) is 37.8 Å². The molecular weight excluding hydrogens is 478 g/mol. The predicted octanol–water partition coefficient (Wildman–Crippen LogP) is 3.77. The minimum absolute atomic E-state index is 0.0158. The molecule has 0 aromatic heterocycles. The molecule has 0 aliphatic carbocycles. The lowest BCUT2D eigenvalue weighted by atomic mass is 10.1. The second-order valence-electron chi connectivity index (χ2n) is 7.96. The highest BCUT2D eigenvalue weighted by Crippen LogP contribution is 2.25. The van der Waals surface area contributed by atoms with Gasteiger partial charge in [-0.15, -0.1) is 0 Å². The molecule has 10 heteroatoms. The number of rotatable bonds is 10. The number of thiocarbonyl (C=S) groups is 1. The molecule has 1 aliphatic rings. The Morgan fingerprint density at radius 1 is 1.20 bits per heavy atom. The first-order valence-electron chi connectivity index (χ1n) is 11.4. The van der Waals surface area contributed by atoms with Crippen LogP contribution in [0.4, 0.5) is 8.78 Å². The largest absolute Gasteiger partial charge is 0.497 e. The van der Waals surface area contributed by atoms with Crippen LogP contribution in [-0.2, 0) is 11.2 Å². The third-order valence-electron chi connectivity index (χ3n) is 5.64. The molecule has 1 N–H and O–H groups in total. The minimum atomic E-state index is -0.917. The summed E-state index contributed by atoms with van der Waals surface area (Å²) in [5, 5.41) is 3.79. The molecule has 1 fully saturated rings. The van der Waals surface area contributed by atoms with Crippen molar-refractivity contribution in [2.45, 2.75) is 25.9 Å². The number of carbonyl (C=O) groups excluding carboxylic acids is 1. The number of ketones is 1. The van der Waals surface area contributed by atoms with E-state index in [2.05, 4.69) is 5.32 Å². The van der Waals surface area contributed by atoms with E-state index in [1.807, 2.05) is 23.1 Å². The number of halogens is 2. The van der Waals surface area contributed by atoms with E-state index in [0.717, 1.165) is 29.2 Å². The van der Waals surface area contributed by atoms with Gasteiger partial charge in [0.05, 0.1) is 20.8 Å². The van der Waals surface area contributed by atoms with Gasteiger partial charge in [0.1, 0.15) is 24.2 Å². The van der Waals surface area contributed by atoms with Gasteiger partial charge in [-0.05, 0) is 54.5 Å². The van der Waals surface area contributed by atoms with Crippen LogP contribution in [0.1, 0.15) is 29.3 Å². The number of benzene rings is 2. The van der Waals surface area contributed by atoms with Crippen LogP contribution in [0.3, 0.4) is 0 Å². The fraction of sp³-hybridized carbons (Fsp3) is 0.440. The van der Waals surface area contributed by atoms with Gasteiger partial charge in [-0.3, -0.25) is 4.79 Å². The van der Waals surface area contributed by atoms with E-state index < -0.39 is 23.5 Å². The number of morpholine rings is 1. The maximum Gasteiger partial charge on any atom is 0.190 e. The van der Waals surface area contributed by atoms with Crippen molar-refractivity contribution in [3.05, 3.63) is 53.1 Å². The molecule has 35 heavy (non-hydrogen) atoms. The van der Waals surface area contributed by atoms with E-state index in [4.69, 9.17) is 31.2 Å². The Kier molecular flexibility index (Phi) is 9.62. The Morgan fingerprint density at radius 3 is 2.60 bits per heavy atom. The average Bonchev–Trinajstić information content (AvgIpc) is 2.87. The minimum Gasteiger partial charge on any atom is -0.497 e. The van der Waals surface area contributed by atoms with E-state index in [-0.39, 0.29) is 24.4 Å². The van der Waals surface area contributed by atoms with Crippen LogP contribution < -0.4 is 19.5 Å². The Hall–Kier alpha value is -2.98. The summed E-state index contributed by atoms with van der Waals surface area (Å²) in [5.41, 5.74) is 0.976. The van der Waals surface area contributed by atoms with E-state index in [1.54, 1.807) is 21.1 Å². The molecular formula is C25H30F2N2O5S. The van der Waals surface area contributed by atoms with Crippen molar-refractivity contribution in [2.24, 2.45) is 0 Å². The third-order valence-corrected chi connectivity index (χ3v) is 6.04. The SMILES string of the molecule is CCC(=O)c1cc(F)c(OCC2CN(C(=S)NCCc3cc(OC)ccc3OC)CCO2)c(F)c1. The molecule has 0 bridgehead atoms. The third kappa shape index (κ3) is 7.02. The van der Waals surface area contributed by atoms with E-state index >= 15 is 0 Å². The Labute approximate surface area is 209 Å². The van der Waals surface area contributed by atoms with E-state index in [9.17, 15) is 13.6 Å². The Bertz CT molecular complexity index is 1030. The first-order valence-corrected chi connectivity index (χ1v) is 11.8. The maximum absolute atomic E-state index is 14.3. The molecule has 7 nitrogen and oxygen atoms in total. The smallest absolute Gasteiger partial charge is 0.190 e. The summed E-state index contributed by atoms with van der Waals surface area (Å²) in [6, 6.07) is 7.62. The van der Waals surface area contributed by atoms with Gasteiger partial charge in [-0.25, -0.2) is 8.78 Å². The molecule has 1 aliphatic heterocycles. The summed E-state index contributed by atoms with van der Waals surface area (Å²) in [4.78, 5) is 13.7. The molecule has 0 saturated carbocycles. The predicted molar refractivity (Wildman–Crippen MR) is 132 cm³/mol. The molecule has 0 spiro atoms. The molecule has 1 heterocycles. The topological polar surface area (TPSA) is 69.3 Å². The van der Waals surface area contributed by atoms with Gasteiger partial charge in [0.25, 0.3) is 0 Å². The lowest BCUT2D eigenvalue weighted by Gasteiger charge is -2.34. The molecule has 1 unspecified atom stereocenters. The number of methoxy groups -OCH3 is 2. The van der Waals surface area contributed by atoms with Crippen molar-refractivity contribution >= 4 is 23.1 Å².